The van der Waals surface area contributed by atoms with Gasteiger partial charge in [-0.2, -0.15) is 0 Å². The monoisotopic (exact) mass is 582 g/mol. The number of carbonyl (C=O) groups is 2. The Labute approximate surface area is 238 Å². The number of carboxylic acids is 2. The first-order valence-electron chi connectivity index (χ1n) is 11.6. The minimum Gasteiger partial charge on any atom is -0.480 e. The molecule has 4 aromatic carbocycles. The molecule has 0 radical (unpaired) electrons. The molecule has 0 fully saturated rings. The molecule has 1 aromatic heterocycles. The van der Waals surface area contributed by atoms with Crippen molar-refractivity contribution in [2.45, 2.75) is 5.92 Å². The average Bonchev–Trinajstić information content (AvgIpc) is 2.90. The number of aliphatic carboxylic acids is 2. The van der Waals surface area contributed by atoms with E-state index in [1.807, 2.05) is 30.3 Å². The smallest absolute Gasteiger partial charge is 0.322 e. The Kier molecular flexibility index (Phi) is 10.5. The maximum Gasteiger partial charge on any atom is 0.322 e. The van der Waals surface area contributed by atoms with Crippen LogP contribution in [0.15, 0.2) is 103 Å². The number of aromatic nitrogens is 1. The summed E-state index contributed by atoms with van der Waals surface area (Å²) in [5, 5.41) is 18.1. The third-order valence-corrected chi connectivity index (χ3v) is 6.04. The lowest BCUT2D eigenvalue weighted by Crippen LogP contribution is -2.20. The molecule has 5 rings (SSSR count). The van der Waals surface area contributed by atoms with Gasteiger partial charge in [0.05, 0.1) is 15.9 Å². The summed E-state index contributed by atoms with van der Waals surface area (Å²) in [7, 11) is 0. The number of carboxylic acid groups (broad SMARTS) is 2. The van der Waals surface area contributed by atoms with Crippen LogP contribution in [0.5, 0.6) is 0 Å². The lowest BCUT2D eigenvalue weighted by atomic mass is 10.00. The van der Waals surface area contributed by atoms with Crippen LogP contribution in [0.4, 0.5) is 14.5 Å². The highest BCUT2D eigenvalue weighted by atomic mass is 35.5. The van der Waals surface area contributed by atoms with Crippen LogP contribution in [0.25, 0.3) is 22.0 Å². The Morgan fingerprint density at radius 2 is 1.35 bits per heavy atom. The zero-order valence-electron chi connectivity index (χ0n) is 20.6. The number of benzene rings is 4. The van der Waals surface area contributed by atoms with Crippen molar-refractivity contribution in [3.63, 3.8) is 0 Å². The van der Waals surface area contributed by atoms with Crippen molar-refractivity contribution in [2.75, 3.05) is 5.73 Å². The van der Waals surface area contributed by atoms with Crippen LogP contribution in [0.1, 0.15) is 11.5 Å². The van der Waals surface area contributed by atoms with Gasteiger partial charge in [-0.3, -0.25) is 9.59 Å². The van der Waals surface area contributed by atoms with Crippen molar-refractivity contribution in [1.82, 2.24) is 4.98 Å². The van der Waals surface area contributed by atoms with Gasteiger partial charge in [-0.05, 0) is 41.5 Å². The number of fused-ring (bicyclic) bond motifs is 1. The van der Waals surface area contributed by atoms with E-state index in [1.54, 1.807) is 42.5 Å². The van der Waals surface area contributed by atoms with Gasteiger partial charge in [-0.25, -0.2) is 13.8 Å². The van der Waals surface area contributed by atoms with Gasteiger partial charge in [-0.15, -0.1) is 0 Å². The molecular formula is C30H22Cl2F2N2O4. The number of rotatable bonds is 4. The predicted molar refractivity (Wildman–Crippen MR) is 152 cm³/mol. The van der Waals surface area contributed by atoms with Crippen LogP contribution in [0, 0.1) is 11.6 Å². The number of nitrogen functional groups attached to an aromatic ring is 1. The largest absolute Gasteiger partial charge is 0.480 e. The Morgan fingerprint density at radius 1 is 0.775 bits per heavy atom. The van der Waals surface area contributed by atoms with E-state index in [2.05, 4.69) is 4.98 Å². The summed E-state index contributed by atoms with van der Waals surface area (Å²) in [6.07, 6.45) is 0. The van der Waals surface area contributed by atoms with E-state index < -0.39 is 23.7 Å². The molecule has 10 heteroatoms. The van der Waals surface area contributed by atoms with Gasteiger partial charge >= 0.3 is 11.9 Å². The molecule has 4 N–H and O–H groups in total. The van der Waals surface area contributed by atoms with Gasteiger partial charge in [-0.1, -0.05) is 96.0 Å². The number of hydrogen-bond acceptors (Lipinski definition) is 4. The molecule has 6 nitrogen and oxygen atoms in total. The molecule has 0 unspecified atom stereocenters. The molecule has 0 aliphatic carbocycles. The summed E-state index contributed by atoms with van der Waals surface area (Å²) in [6.45, 7) is 0. The van der Waals surface area contributed by atoms with Crippen molar-refractivity contribution in [3.8, 4) is 11.1 Å². The minimum absolute atomic E-state index is 0.273. The standard InChI is InChI=1S/C15H8Cl2FN.C9H8O4.C6H6FN/c16-14-12(9-5-2-1-3-6-9)15(17)19-11-8-4-7-10(18)13(11)14;10-8(11)7(9(12)13)6-4-2-1-3-5-6;7-5-2-1-3-6(8)4-5/h1-8H;1-5,7H,(H,10,11)(H,12,13);1-4H,8H2. The van der Waals surface area contributed by atoms with Gasteiger partial charge < -0.3 is 15.9 Å². The number of nitrogens with two attached hydrogens (primary N) is 1. The molecule has 0 saturated carbocycles. The quantitative estimate of drug-likeness (QED) is 0.114. The third kappa shape index (κ3) is 7.75. The summed E-state index contributed by atoms with van der Waals surface area (Å²) in [5.74, 6) is -4.85. The highest BCUT2D eigenvalue weighted by Gasteiger charge is 2.27. The first-order valence-corrected chi connectivity index (χ1v) is 12.4. The summed E-state index contributed by atoms with van der Waals surface area (Å²) in [5.41, 5.74) is 7.79. The molecule has 0 spiro atoms. The van der Waals surface area contributed by atoms with Gasteiger partial charge in [0.2, 0.25) is 0 Å². The van der Waals surface area contributed by atoms with Crippen LogP contribution < -0.4 is 5.73 Å². The second-order valence-corrected chi connectivity index (χ2v) is 8.90. The van der Waals surface area contributed by atoms with Crippen LogP contribution in [0.3, 0.4) is 0 Å². The number of halogens is 4. The number of anilines is 1. The summed E-state index contributed by atoms with van der Waals surface area (Å²) < 4.78 is 26.0. The minimum atomic E-state index is -1.47. The molecule has 0 amide bonds. The van der Waals surface area contributed by atoms with Crippen molar-refractivity contribution in [3.05, 3.63) is 131 Å². The van der Waals surface area contributed by atoms with Crippen LogP contribution >= 0.6 is 23.2 Å². The van der Waals surface area contributed by atoms with Gasteiger partial charge in [0.25, 0.3) is 0 Å². The molecule has 0 bridgehead atoms. The fourth-order valence-electron chi connectivity index (χ4n) is 3.59. The maximum atomic E-state index is 13.9. The van der Waals surface area contributed by atoms with Crippen LogP contribution in [-0.2, 0) is 9.59 Å². The summed E-state index contributed by atoms with van der Waals surface area (Å²) in [6, 6.07) is 27.7. The van der Waals surface area contributed by atoms with Crippen molar-refractivity contribution >= 4 is 51.7 Å². The van der Waals surface area contributed by atoms with Crippen molar-refractivity contribution < 1.29 is 28.6 Å². The predicted octanol–water partition coefficient (Wildman–Crippen LogP) is 7.70. The third-order valence-electron chi connectivity index (χ3n) is 5.39. The maximum absolute atomic E-state index is 13.9. The first kappa shape index (κ1) is 30.0. The Morgan fingerprint density at radius 3 is 1.88 bits per heavy atom. The summed E-state index contributed by atoms with van der Waals surface area (Å²) >= 11 is 12.5. The van der Waals surface area contributed by atoms with E-state index in [-0.39, 0.29) is 16.5 Å². The van der Waals surface area contributed by atoms with Gasteiger partial charge in [0.1, 0.15) is 16.8 Å². The lowest BCUT2D eigenvalue weighted by molar-refractivity contribution is -0.150. The summed E-state index contributed by atoms with van der Waals surface area (Å²) in [4.78, 5) is 25.3. The van der Waals surface area contributed by atoms with E-state index in [0.717, 1.165) is 5.56 Å². The zero-order valence-corrected chi connectivity index (χ0v) is 22.2. The fraction of sp³-hybridized carbons (Fsp3) is 0.0333. The number of pyridine rings is 1. The fourth-order valence-corrected chi connectivity index (χ4v) is 4.32. The molecule has 0 aliphatic heterocycles. The van der Waals surface area contributed by atoms with Gasteiger partial charge in [0, 0.05) is 11.3 Å². The van der Waals surface area contributed by atoms with E-state index in [4.69, 9.17) is 39.1 Å². The molecule has 40 heavy (non-hydrogen) atoms. The lowest BCUT2D eigenvalue weighted by Gasteiger charge is -2.10. The van der Waals surface area contributed by atoms with Crippen molar-refractivity contribution in [1.29, 1.82) is 0 Å². The van der Waals surface area contributed by atoms with Crippen LogP contribution in [0.2, 0.25) is 10.2 Å². The zero-order chi connectivity index (χ0) is 29.2. The van der Waals surface area contributed by atoms with E-state index >= 15 is 0 Å². The molecule has 0 saturated heterocycles. The second kappa shape index (κ2) is 14.0. The molecule has 1 heterocycles. The Bertz CT molecular complexity index is 1590. The SMILES string of the molecule is Fc1cccc2nc(Cl)c(-c3ccccc3)c(Cl)c12.Nc1cccc(F)c1.O=C(O)C(C(=O)O)c1ccccc1. The normalized spacial score (nSPS) is 10.2. The highest BCUT2D eigenvalue weighted by molar-refractivity contribution is 6.42. The van der Waals surface area contributed by atoms with E-state index in [0.29, 0.717) is 27.2 Å². The highest BCUT2D eigenvalue weighted by Crippen LogP contribution is 2.39. The second-order valence-electron chi connectivity index (χ2n) is 8.17. The van der Waals surface area contributed by atoms with E-state index in [9.17, 15) is 18.4 Å². The molecule has 5 aromatic rings. The van der Waals surface area contributed by atoms with Gasteiger partial charge in [0.15, 0.2) is 5.92 Å². The topological polar surface area (TPSA) is 114 Å². The first-order chi connectivity index (χ1) is 19.1. The van der Waals surface area contributed by atoms with E-state index in [1.165, 1.54) is 30.3 Å². The van der Waals surface area contributed by atoms with Crippen molar-refractivity contribution in [2.24, 2.45) is 0 Å². The molecule has 204 valence electrons. The average molecular weight is 583 g/mol. The Hall–Kier alpha value is -4.53. The Balaban J connectivity index is 0.000000182. The molecule has 0 atom stereocenters. The number of nitrogens with zero attached hydrogens (tertiary/aromatic N) is 1. The molecular weight excluding hydrogens is 561 g/mol. The molecule has 0 aliphatic rings. The van der Waals surface area contributed by atoms with Crippen LogP contribution in [-0.4, -0.2) is 27.1 Å². The number of hydrogen-bond donors (Lipinski definition) is 3.